The molecule has 0 saturated heterocycles. The summed E-state index contributed by atoms with van der Waals surface area (Å²) in [5.41, 5.74) is 7.41. The molecule has 6 heterocycles. The van der Waals surface area contributed by atoms with Gasteiger partial charge in [0.15, 0.2) is 11.5 Å². The number of imidazole rings is 1. The predicted molar refractivity (Wildman–Crippen MR) is 113 cm³/mol. The summed E-state index contributed by atoms with van der Waals surface area (Å²) in [5, 5.41) is 7.52. The van der Waals surface area contributed by atoms with E-state index in [1.165, 1.54) is 0 Å². The molecule has 8 nitrogen and oxygen atoms in total. The lowest BCUT2D eigenvalue weighted by atomic mass is 10.1. The summed E-state index contributed by atoms with van der Waals surface area (Å²) in [5.74, 6) is 0.633. The summed E-state index contributed by atoms with van der Waals surface area (Å²) >= 11 is 0. The number of hydrogen-bond donors (Lipinski definition) is 2. The van der Waals surface area contributed by atoms with Gasteiger partial charge in [0.1, 0.15) is 11.0 Å². The molecule has 0 aliphatic heterocycles. The number of aromatic amines is 2. The molecule has 8 heteroatoms. The minimum atomic E-state index is 0.633. The van der Waals surface area contributed by atoms with E-state index in [1.807, 2.05) is 42.5 Å². The highest BCUT2D eigenvalue weighted by atomic mass is 15.1. The summed E-state index contributed by atoms with van der Waals surface area (Å²) in [7, 11) is 0. The molecule has 0 bridgehead atoms. The average Bonchev–Trinajstić information content (AvgIpc) is 3.43. The van der Waals surface area contributed by atoms with Gasteiger partial charge in [-0.25, -0.2) is 9.97 Å². The van der Waals surface area contributed by atoms with Crippen LogP contribution in [0.5, 0.6) is 0 Å². The van der Waals surface area contributed by atoms with Gasteiger partial charge in [0.25, 0.3) is 0 Å². The Labute approximate surface area is 170 Å². The molecule has 0 aromatic carbocycles. The molecule has 6 aromatic heterocycles. The highest BCUT2D eigenvalue weighted by molar-refractivity contribution is 5.94. The Bertz CT molecular complexity index is 1490. The molecule has 0 radical (unpaired) electrons. The van der Waals surface area contributed by atoms with Crippen molar-refractivity contribution >= 4 is 22.1 Å². The molecule has 6 aromatic rings. The van der Waals surface area contributed by atoms with E-state index in [-0.39, 0.29) is 0 Å². The lowest BCUT2D eigenvalue weighted by Crippen LogP contribution is -1.87. The van der Waals surface area contributed by atoms with Crippen molar-refractivity contribution in [2.24, 2.45) is 0 Å². The Balaban J connectivity index is 1.52. The van der Waals surface area contributed by atoms with Crippen LogP contribution in [0, 0.1) is 0 Å². The molecule has 0 amide bonds. The zero-order valence-electron chi connectivity index (χ0n) is 15.6. The normalized spacial score (nSPS) is 11.3. The van der Waals surface area contributed by atoms with Crippen LogP contribution in [0.1, 0.15) is 0 Å². The van der Waals surface area contributed by atoms with Crippen LogP contribution in [-0.4, -0.2) is 40.1 Å². The van der Waals surface area contributed by atoms with Gasteiger partial charge in [-0.1, -0.05) is 0 Å². The second-order valence-corrected chi connectivity index (χ2v) is 6.78. The molecule has 0 unspecified atom stereocenters. The van der Waals surface area contributed by atoms with E-state index < -0.39 is 0 Å². The Morgan fingerprint density at radius 2 is 1.57 bits per heavy atom. The van der Waals surface area contributed by atoms with E-state index in [9.17, 15) is 0 Å². The molecule has 0 aliphatic carbocycles. The van der Waals surface area contributed by atoms with Crippen LogP contribution in [0.15, 0.2) is 73.4 Å². The Kier molecular flexibility index (Phi) is 3.60. The summed E-state index contributed by atoms with van der Waals surface area (Å²) in [6.07, 6.45) is 8.78. The Hall–Kier alpha value is -4.46. The number of nitrogens with one attached hydrogen (secondary N) is 2. The first-order valence-corrected chi connectivity index (χ1v) is 9.38. The topological polar surface area (TPSA) is 109 Å². The third-order valence-corrected chi connectivity index (χ3v) is 4.94. The van der Waals surface area contributed by atoms with Crippen molar-refractivity contribution in [2.75, 3.05) is 0 Å². The fourth-order valence-electron chi connectivity index (χ4n) is 3.51. The molecular formula is C22H14N8. The van der Waals surface area contributed by atoms with Crippen molar-refractivity contribution in [3.05, 3.63) is 73.4 Å². The lowest BCUT2D eigenvalue weighted by Gasteiger charge is -2.00. The summed E-state index contributed by atoms with van der Waals surface area (Å²) in [4.78, 5) is 25.8. The highest BCUT2D eigenvalue weighted by Crippen LogP contribution is 2.30. The van der Waals surface area contributed by atoms with Crippen LogP contribution in [-0.2, 0) is 0 Å². The minimum absolute atomic E-state index is 0.633. The van der Waals surface area contributed by atoms with Gasteiger partial charge >= 0.3 is 0 Å². The van der Waals surface area contributed by atoms with Gasteiger partial charge in [0.05, 0.1) is 22.4 Å². The largest absolute Gasteiger partial charge is 0.336 e. The molecule has 142 valence electrons. The second kappa shape index (κ2) is 6.56. The van der Waals surface area contributed by atoms with Crippen LogP contribution in [0.2, 0.25) is 0 Å². The molecule has 30 heavy (non-hydrogen) atoms. The lowest BCUT2D eigenvalue weighted by molar-refractivity contribution is 1.10. The summed E-state index contributed by atoms with van der Waals surface area (Å²) in [6, 6.07) is 13.5. The van der Waals surface area contributed by atoms with Crippen molar-refractivity contribution in [2.45, 2.75) is 0 Å². The van der Waals surface area contributed by atoms with Gasteiger partial charge in [-0.3, -0.25) is 20.1 Å². The number of aromatic nitrogens is 8. The van der Waals surface area contributed by atoms with E-state index in [0.717, 1.165) is 44.6 Å². The molecule has 0 aliphatic rings. The zero-order valence-corrected chi connectivity index (χ0v) is 15.6. The van der Waals surface area contributed by atoms with Crippen molar-refractivity contribution < 1.29 is 0 Å². The highest BCUT2D eigenvalue weighted by Gasteiger charge is 2.17. The molecule has 2 N–H and O–H groups in total. The number of pyridine rings is 4. The van der Waals surface area contributed by atoms with E-state index >= 15 is 0 Å². The van der Waals surface area contributed by atoms with E-state index in [0.29, 0.717) is 11.5 Å². The van der Waals surface area contributed by atoms with Crippen molar-refractivity contribution in [1.29, 1.82) is 0 Å². The second-order valence-electron chi connectivity index (χ2n) is 6.78. The number of nitrogens with zero attached hydrogens (tertiary/aromatic N) is 6. The van der Waals surface area contributed by atoms with Gasteiger partial charge in [-0.05, 0) is 42.5 Å². The number of rotatable bonds is 3. The van der Waals surface area contributed by atoms with Crippen LogP contribution in [0.3, 0.4) is 0 Å². The summed E-state index contributed by atoms with van der Waals surface area (Å²) < 4.78 is 0. The van der Waals surface area contributed by atoms with Crippen molar-refractivity contribution in [3.63, 3.8) is 0 Å². The Morgan fingerprint density at radius 1 is 0.667 bits per heavy atom. The van der Waals surface area contributed by atoms with Crippen LogP contribution in [0.25, 0.3) is 56.1 Å². The fraction of sp³-hybridized carbons (Fsp3) is 0. The van der Waals surface area contributed by atoms with E-state index in [1.54, 1.807) is 31.0 Å². The van der Waals surface area contributed by atoms with Crippen LogP contribution < -0.4 is 0 Å². The molecule has 6 rings (SSSR count). The molecule has 0 saturated carbocycles. The maximum atomic E-state index is 4.83. The van der Waals surface area contributed by atoms with E-state index in [2.05, 4.69) is 30.1 Å². The molecule has 0 atom stereocenters. The zero-order chi connectivity index (χ0) is 19.9. The first kappa shape index (κ1) is 16.5. The maximum Gasteiger partial charge on any atom is 0.161 e. The van der Waals surface area contributed by atoms with Crippen LogP contribution >= 0.6 is 0 Å². The fourth-order valence-corrected chi connectivity index (χ4v) is 3.51. The standard InChI is InChI=1S/C22H14N8/c1-2-14(12-24-8-1)18-19-16(7-11-25-18)27-22(28-19)21-20-17(29-30-21)4-3-15(26-20)13-5-9-23-10-6-13/h1-12H,(H,27,28)(H,29,30). The smallest absolute Gasteiger partial charge is 0.161 e. The van der Waals surface area contributed by atoms with Gasteiger partial charge < -0.3 is 4.98 Å². The van der Waals surface area contributed by atoms with Gasteiger partial charge in [0.2, 0.25) is 0 Å². The van der Waals surface area contributed by atoms with E-state index in [4.69, 9.17) is 9.97 Å². The van der Waals surface area contributed by atoms with Gasteiger partial charge in [0, 0.05) is 42.1 Å². The monoisotopic (exact) mass is 390 g/mol. The molecule has 0 spiro atoms. The number of hydrogen-bond acceptors (Lipinski definition) is 6. The van der Waals surface area contributed by atoms with Gasteiger partial charge in [-0.15, -0.1) is 0 Å². The third-order valence-electron chi connectivity index (χ3n) is 4.94. The molecule has 0 fully saturated rings. The maximum absolute atomic E-state index is 4.83. The number of fused-ring (bicyclic) bond motifs is 2. The quantitative estimate of drug-likeness (QED) is 0.472. The van der Waals surface area contributed by atoms with Crippen molar-refractivity contribution in [3.8, 4) is 34.0 Å². The summed E-state index contributed by atoms with van der Waals surface area (Å²) in [6.45, 7) is 0. The molecular weight excluding hydrogens is 376 g/mol. The minimum Gasteiger partial charge on any atom is -0.336 e. The Morgan fingerprint density at radius 3 is 2.43 bits per heavy atom. The predicted octanol–water partition coefficient (Wildman–Crippen LogP) is 4.02. The SMILES string of the molecule is c1cncc(-c2nccc3[nH]c(-c4n[nH]c5ccc(-c6ccncc6)nc45)nc23)c1. The van der Waals surface area contributed by atoms with Crippen LogP contribution in [0.4, 0.5) is 0 Å². The first-order chi connectivity index (χ1) is 14.9. The first-order valence-electron chi connectivity index (χ1n) is 9.38. The van der Waals surface area contributed by atoms with Crippen molar-refractivity contribution in [1.82, 2.24) is 40.1 Å². The third kappa shape index (κ3) is 2.62. The average molecular weight is 390 g/mol. The number of H-pyrrole nitrogens is 2. The van der Waals surface area contributed by atoms with Gasteiger partial charge in [-0.2, -0.15) is 5.10 Å².